The highest BCUT2D eigenvalue weighted by atomic mass is 32.2. The number of primary amides is 1. The van der Waals surface area contributed by atoms with E-state index in [0.29, 0.717) is 30.1 Å². The van der Waals surface area contributed by atoms with Crippen LogP contribution < -0.4 is 11.1 Å². The second-order valence-electron chi connectivity index (χ2n) is 6.23. The van der Waals surface area contributed by atoms with Gasteiger partial charge in [-0.25, -0.2) is 9.18 Å². The number of nitrogens with one attached hydrogen (secondary N) is 1. The van der Waals surface area contributed by atoms with Gasteiger partial charge in [0.2, 0.25) is 5.91 Å². The lowest BCUT2D eigenvalue weighted by atomic mass is 10.0. The molecule has 0 atom stereocenters. The lowest BCUT2D eigenvalue weighted by molar-refractivity contribution is -0.113. The summed E-state index contributed by atoms with van der Waals surface area (Å²) in [7, 11) is 0. The SMILES string of the molecule is CCOC(=O)N1CCc2c(sc(NC(=O)CSc3ccc(F)cc3)c2C(N)=O)C1. The van der Waals surface area contributed by atoms with Crippen LogP contribution in [0.2, 0.25) is 0 Å². The molecule has 2 heterocycles. The highest BCUT2D eigenvalue weighted by Crippen LogP contribution is 2.37. The Labute approximate surface area is 175 Å². The summed E-state index contributed by atoms with van der Waals surface area (Å²) in [5.74, 6) is -1.16. The second-order valence-corrected chi connectivity index (χ2v) is 8.39. The van der Waals surface area contributed by atoms with E-state index in [2.05, 4.69) is 5.32 Å². The molecule has 3 N–H and O–H groups in total. The van der Waals surface area contributed by atoms with Crippen LogP contribution in [0, 0.1) is 5.82 Å². The van der Waals surface area contributed by atoms with Crippen molar-refractivity contribution in [3.8, 4) is 0 Å². The minimum absolute atomic E-state index is 0.0986. The molecule has 0 aliphatic carbocycles. The zero-order valence-electron chi connectivity index (χ0n) is 15.7. The predicted octanol–water partition coefficient (Wildman–Crippen LogP) is 3.23. The third-order valence-electron chi connectivity index (χ3n) is 4.27. The van der Waals surface area contributed by atoms with Crippen molar-refractivity contribution in [1.82, 2.24) is 4.90 Å². The number of carbonyl (C=O) groups excluding carboxylic acids is 3. The third-order valence-corrected chi connectivity index (χ3v) is 6.41. The number of nitrogens with zero attached hydrogens (tertiary/aromatic N) is 1. The number of halogens is 1. The first-order chi connectivity index (χ1) is 13.9. The van der Waals surface area contributed by atoms with E-state index in [9.17, 15) is 18.8 Å². The number of thiophene rings is 1. The van der Waals surface area contributed by atoms with Crippen LogP contribution in [-0.4, -0.2) is 41.7 Å². The molecule has 0 bridgehead atoms. The Morgan fingerprint density at radius 2 is 2.03 bits per heavy atom. The van der Waals surface area contributed by atoms with Crippen molar-refractivity contribution < 1.29 is 23.5 Å². The van der Waals surface area contributed by atoms with Gasteiger partial charge in [-0.1, -0.05) is 0 Å². The number of benzene rings is 1. The van der Waals surface area contributed by atoms with Crippen molar-refractivity contribution in [2.45, 2.75) is 24.8 Å². The standard InChI is InChI=1S/C19H20FN3O4S2/c1-2-27-19(26)23-8-7-13-14(9-23)29-18(16(13)17(21)25)22-15(24)10-28-12-5-3-11(20)4-6-12/h3-6H,2,7-10H2,1H3,(H2,21,25)(H,22,24). The summed E-state index contributed by atoms with van der Waals surface area (Å²) in [5.41, 5.74) is 6.62. The van der Waals surface area contributed by atoms with Gasteiger partial charge < -0.3 is 20.7 Å². The monoisotopic (exact) mass is 437 g/mol. The molecule has 1 aliphatic heterocycles. The van der Waals surface area contributed by atoms with Gasteiger partial charge in [0.1, 0.15) is 10.8 Å². The molecule has 3 amide bonds. The van der Waals surface area contributed by atoms with Gasteiger partial charge in [-0.05, 0) is 43.2 Å². The summed E-state index contributed by atoms with van der Waals surface area (Å²) < 4.78 is 18.0. The van der Waals surface area contributed by atoms with E-state index in [4.69, 9.17) is 10.5 Å². The Kier molecular flexibility index (Phi) is 6.75. The average Bonchev–Trinajstić information content (AvgIpc) is 3.04. The van der Waals surface area contributed by atoms with E-state index in [1.165, 1.54) is 35.2 Å². The van der Waals surface area contributed by atoms with Gasteiger partial charge in [0.25, 0.3) is 5.91 Å². The van der Waals surface area contributed by atoms with Crippen LogP contribution in [0.3, 0.4) is 0 Å². The summed E-state index contributed by atoms with van der Waals surface area (Å²) in [6.45, 7) is 2.74. The summed E-state index contributed by atoms with van der Waals surface area (Å²) >= 11 is 2.50. The highest BCUT2D eigenvalue weighted by molar-refractivity contribution is 8.00. The highest BCUT2D eigenvalue weighted by Gasteiger charge is 2.30. The number of anilines is 1. The quantitative estimate of drug-likeness (QED) is 0.676. The minimum Gasteiger partial charge on any atom is -0.450 e. The predicted molar refractivity (Wildman–Crippen MR) is 110 cm³/mol. The molecule has 3 rings (SSSR count). The van der Waals surface area contributed by atoms with Gasteiger partial charge in [0.15, 0.2) is 0 Å². The fourth-order valence-corrected chi connectivity index (χ4v) is 4.95. The summed E-state index contributed by atoms with van der Waals surface area (Å²) in [4.78, 5) is 39.5. The van der Waals surface area contributed by atoms with Gasteiger partial charge in [-0.3, -0.25) is 9.59 Å². The topological polar surface area (TPSA) is 102 Å². The molecule has 2 aromatic rings. The van der Waals surface area contributed by atoms with Crippen LogP contribution in [0.25, 0.3) is 0 Å². The van der Waals surface area contributed by atoms with E-state index in [-0.39, 0.29) is 24.1 Å². The van der Waals surface area contributed by atoms with Crippen LogP contribution in [0.15, 0.2) is 29.2 Å². The molecule has 0 radical (unpaired) electrons. The number of amides is 3. The second kappa shape index (κ2) is 9.27. The van der Waals surface area contributed by atoms with Crippen molar-refractivity contribution >= 4 is 46.0 Å². The lowest BCUT2D eigenvalue weighted by Gasteiger charge is -2.26. The fraction of sp³-hybridized carbons (Fsp3) is 0.316. The maximum atomic E-state index is 13.0. The Hall–Kier alpha value is -2.59. The maximum absolute atomic E-state index is 13.0. The van der Waals surface area contributed by atoms with Crippen molar-refractivity contribution in [3.63, 3.8) is 0 Å². The molecule has 10 heteroatoms. The number of thioether (sulfide) groups is 1. The fourth-order valence-electron chi connectivity index (χ4n) is 2.97. The number of nitrogens with two attached hydrogens (primary N) is 1. The Balaban J connectivity index is 1.70. The molecule has 1 aromatic heterocycles. The molecule has 1 aliphatic rings. The molecule has 0 unspecified atom stereocenters. The number of ether oxygens (including phenoxy) is 1. The minimum atomic E-state index is -0.617. The molecule has 0 fully saturated rings. The molecule has 7 nitrogen and oxygen atoms in total. The maximum Gasteiger partial charge on any atom is 0.410 e. The molecular formula is C19H20FN3O4S2. The summed E-state index contributed by atoms with van der Waals surface area (Å²) in [5, 5.41) is 3.14. The normalized spacial score (nSPS) is 13.0. The molecule has 0 saturated carbocycles. The van der Waals surface area contributed by atoms with Crippen LogP contribution >= 0.6 is 23.1 Å². The first-order valence-electron chi connectivity index (χ1n) is 8.93. The van der Waals surface area contributed by atoms with Crippen molar-refractivity contribution in [2.75, 3.05) is 24.2 Å². The number of carbonyl (C=O) groups is 3. The van der Waals surface area contributed by atoms with Crippen molar-refractivity contribution in [3.05, 3.63) is 46.1 Å². The Morgan fingerprint density at radius 3 is 2.69 bits per heavy atom. The van der Waals surface area contributed by atoms with E-state index in [1.54, 1.807) is 24.0 Å². The van der Waals surface area contributed by atoms with Gasteiger partial charge in [-0.15, -0.1) is 23.1 Å². The zero-order valence-corrected chi connectivity index (χ0v) is 17.3. The van der Waals surface area contributed by atoms with E-state index >= 15 is 0 Å². The molecular weight excluding hydrogens is 417 g/mol. The van der Waals surface area contributed by atoms with Crippen LogP contribution in [0.1, 0.15) is 27.7 Å². The first-order valence-corrected chi connectivity index (χ1v) is 10.7. The van der Waals surface area contributed by atoms with Crippen LogP contribution in [-0.2, 0) is 22.5 Å². The first kappa shape index (κ1) is 21.1. The van der Waals surface area contributed by atoms with Gasteiger partial charge in [-0.2, -0.15) is 0 Å². The van der Waals surface area contributed by atoms with Crippen LogP contribution in [0.4, 0.5) is 14.2 Å². The van der Waals surface area contributed by atoms with Crippen molar-refractivity contribution in [1.29, 1.82) is 0 Å². The largest absolute Gasteiger partial charge is 0.450 e. The molecule has 0 saturated heterocycles. The number of rotatable bonds is 6. The van der Waals surface area contributed by atoms with Gasteiger partial charge in [0.05, 0.1) is 24.5 Å². The molecule has 154 valence electrons. The summed E-state index contributed by atoms with van der Waals surface area (Å²) in [6.07, 6.45) is 0.0526. The Morgan fingerprint density at radius 1 is 1.31 bits per heavy atom. The third kappa shape index (κ3) is 5.07. The van der Waals surface area contributed by atoms with E-state index < -0.39 is 12.0 Å². The summed E-state index contributed by atoms with van der Waals surface area (Å²) in [6, 6.07) is 5.84. The van der Waals surface area contributed by atoms with Gasteiger partial charge >= 0.3 is 6.09 Å². The number of hydrogen-bond acceptors (Lipinski definition) is 6. The van der Waals surface area contributed by atoms with Crippen molar-refractivity contribution in [2.24, 2.45) is 5.73 Å². The van der Waals surface area contributed by atoms with Gasteiger partial charge in [0, 0.05) is 16.3 Å². The molecule has 0 spiro atoms. The molecule has 29 heavy (non-hydrogen) atoms. The average molecular weight is 438 g/mol. The van der Waals surface area contributed by atoms with E-state index in [1.807, 2.05) is 0 Å². The zero-order chi connectivity index (χ0) is 21.0. The molecule has 1 aromatic carbocycles. The Bertz CT molecular complexity index is 930. The lowest BCUT2D eigenvalue weighted by Crippen LogP contribution is -2.36. The smallest absolute Gasteiger partial charge is 0.410 e. The number of hydrogen-bond donors (Lipinski definition) is 2. The number of fused-ring (bicyclic) bond motifs is 1. The van der Waals surface area contributed by atoms with Crippen LogP contribution in [0.5, 0.6) is 0 Å². The van der Waals surface area contributed by atoms with E-state index in [0.717, 1.165) is 15.3 Å².